The highest BCUT2D eigenvalue weighted by Crippen LogP contribution is 2.33. The number of rotatable bonds is 4. The van der Waals surface area contributed by atoms with Crippen LogP contribution in [-0.2, 0) is 20.5 Å². The predicted octanol–water partition coefficient (Wildman–Crippen LogP) is 2.08. The minimum absolute atomic E-state index is 0.0266. The quantitative estimate of drug-likeness (QED) is 0.449. The molecule has 148 valence electrons. The molecule has 1 saturated heterocycles. The largest absolute Gasteiger partial charge is 0.466 e. The molecule has 0 aliphatic carbocycles. The highest BCUT2D eigenvalue weighted by atomic mass is 19.4. The molecule has 2 rings (SSSR count). The molecule has 1 aromatic rings. The maximum atomic E-state index is 13.4. The van der Waals surface area contributed by atoms with Gasteiger partial charge in [-0.25, -0.2) is 4.39 Å². The molecular weight excluding hydrogens is 372 g/mol. The van der Waals surface area contributed by atoms with Crippen LogP contribution >= 0.6 is 0 Å². The van der Waals surface area contributed by atoms with Crippen LogP contribution in [0.25, 0.3) is 0 Å². The topological polar surface area (TPSA) is 66.9 Å². The van der Waals surface area contributed by atoms with Gasteiger partial charge in [-0.05, 0) is 25.1 Å². The lowest BCUT2D eigenvalue weighted by Gasteiger charge is -2.35. The molecule has 1 aliphatic rings. The summed E-state index contributed by atoms with van der Waals surface area (Å²) in [5, 5.41) is 0. The molecule has 0 saturated carbocycles. The molecule has 0 spiro atoms. The minimum Gasteiger partial charge on any atom is -0.466 e. The van der Waals surface area contributed by atoms with Crippen molar-refractivity contribution in [2.75, 3.05) is 32.8 Å². The Bertz CT molecular complexity index is 728. The van der Waals surface area contributed by atoms with E-state index in [9.17, 15) is 31.9 Å². The molecule has 0 N–H and O–H groups in total. The zero-order valence-corrected chi connectivity index (χ0v) is 14.5. The summed E-state index contributed by atoms with van der Waals surface area (Å²) in [6.45, 7) is 1.81. The number of carbonyl (C=O) groups excluding carboxylic acids is 3. The van der Waals surface area contributed by atoms with E-state index in [1.54, 1.807) is 6.92 Å². The van der Waals surface area contributed by atoms with Gasteiger partial charge in [0, 0.05) is 26.2 Å². The Balaban J connectivity index is 2.04. The van der Waals surface area contributed by atoms with Gasteiger partial charge in [0.15, 0.2) is 0 Å². The number of benzene rings is 1. The average molecular weight is 390 g/mol. The zero-order chi connectivity index (χ0) is 20.2. The molecule has 27 heavy (non-hydrogen) atoms. The maximum Gasteiger partial charge on any atom is 0.417 e. The summed E-state index contributed by atoms with van der Waals surface area (Å²) in [7, 11) is 0. The number of halogens is 4. The molecule has 6 nitrogen and oxygen atoms in total. The molecule has 0 radical (unpaired) electrons. The molecule has 0 unspecified atom stereocenters. The number of amides is 2. The average Bonchev–Trinajstić information content (AvgIpc) is 2.60. The van der Waals surface area contributed by atoms with Gasteiger partial charge in [0.05, 0.1) is 17.7 Å². The molecule has 10 heteroatoms. The standard InChI is InChI=1S/C17H18F4N2O4/c1-2-27-15(25)10-14(24)22-5-7-23(8-6-22)16(26)12-9-11(18)3-4-13(12)17(19,20)21/h3-4,9H,2,5-8,10H2,1H3. The van der Waals surface area contributed by atoms with E-state index in [4.69, 9.17) is 0 Å². The van der Waals surface area contributed by atoms with E-state index in [-0.39, 0.29) is 32.8 Å². The first-order valence-electron chi connectivity index (χ1n) is 8.23. The van der Waals surface area contributed by atoms with Crippen molar-refractivity contribution in [3.8, 4) is 0 Å². The lowest BCUT2D eigenvalue weighted by molar-refractivity contribution is -0.149. The molecule has 1 fully saturated rings. The number of nitrogens with zero attached hydrogens (tertiary/aromatic N) is 2. The summed E-state index contributed by atoms with van der Waals surface area (Å²) >= 11 is 0. The van der Waals surface area contributed by atoms with Crippen molar-refractivity contribution >= 4 is 17.8 Å². The van der Waals surface area contributed by atoms with Gasteiger partial charge in [0.2, 0.25) is 5.91 Å². The van der Waals surface area contributed by atoms with Crippen LogP contribution in [0.2, 0.25) is 0 Å². The van der Waals surface area contributed by atoms with E-state index < -0.39 is 47.3 Å². The number of ether oxygens (including phenoxy) is 1. The van der Waals surface area contributed by atoms with Crippen LogP contribution in [0, 0.1) is 5.82 Å². The first-order valence-corrected chi connectivity index (χ1v) is 8.23. The van der Waals surface area contributed by atoms with Crippen molar-refractivity contribution in [1.82, 2.24) is 9.80 Å². The molecule has 1 heterocycles. The summed E-state index contributed by atoms with van der Waals surface area (Å²) in [5.41, 5.74) is -1.98. The van der Waals surface area contributed by atoms with Gasteiger partial charge in [-0.15, -0.1) is 0 Å². The summed E-state index contributed by atoms with van der Waals surface area (Å²) < 4.78 is 57.3. The minimum atomic E-state index is -4.80. The molecule has 2 amide bonds. The summed E-state index contributed by atoms with van der Waals surface area (Å²) in [4.78, 5) is 38.2. The lowest BCUT2D eigenvalue weighted by Crippen LogP contribution is -2.51. The van der Waals surface area contributed by atoms with Crippen molar-refractivity contribution in [2.45, 2.75) is 19.5 Å². The third kappa shape index (κ3) is 5.18. The fraction of sp³-hybridized carbons (Fsp3) is 0.471. The number of alkyl halides is 3. The van der Waals surface area contributed by atoms with Crippen LogP contribution in [0.3, 0.4) is 0 Å². The molecular formula is C17H18F4N2O4. The summed E-state index contributed by atoms with van der Waals surface area (Å²) in [5.74, 6) is -3.06. The Hall–Kier alpha value is -2.65. The van der Waals surface area contributed by atoms with Crippen LogP contribution < -0.4 is 0 Å². The van der Waals surface area contributed by atoms with Gasteiger partial charge >= 0.3 is 12.1 Å². The number of piperazine rings is 1. The van der Waals surface area contributed by atoms with E-state index in [0.29, 0.717) is 18.2 Å². The van der Waals surface area contributed by atoms with E-state index >= 15 is 0 Å². The van der Waals surface area contributed by atoms with E-state index in [2.05, 4.69) is 4.74 Å². The molecule has 0 aromatic heterocycles. The number of hydrogen-bond acceptors (Lipinski definition) is 4. The van der Waals surface area contributed by atoms with Gasteiger partial charge in [0.25, 0.3) is 5.91 Å². The maximum absolute atomic E-state index is 13.4. The van der Waals surface area contributed by atoms with Crippen molar-refractivity contribution in [1.29, 1.82) is 0 Å². The third-order valence-electron chi connectivity index (χ3n) is 4.04. The second kappa shape index (κ2) is 8.36. The number of esters is 1. The normalized spacial score (nSPS) is 14.9. The summed E-state index contributed by atoms with van der Waals surface area (Å²) in [6.07, 6.45) is -5.24. The SMILES string of the molecule is CCOC(=O)CC(=O)N1CCN(C(=O)c2cc(F)ccc2C(F)(F)F)CC1. The van der Waals surface area contributed by atoms with Gasteiger partial charge < -0.3 is 14.5 Å². The first-order chi connectivity index (χ1) is 12.6. The van der Waals surface area contributed by atoms with Crippen LogP contribution in [0.1, 0.15) is 29.3 Å². The van der Waals surface area contributed by atoms with Gasteiger partial charge in [0.1, 0.15) is 12.2 Å². The summed E-state index contributed by atoms with van der Waals surface area (Å²) in [6, 6.07) is 1.73. The van der Waals surface area contributed by atoms with Crippen LogP contribution in [0.5, 0.6) is 0 Å². The van der Waals surface area contributed by atoms with Crippen LogP contribution in [-0.4, -0.2) is 60.4 Å². The zero-order valence-electron chi connectivity index (χ0n) is 14.5. The molecule has 0 atom stereocenters. The third-order valence-corrected chi connectivity index (χ3v) is 4.04. The molecule has 1 aliphatic heterocycles. The van der Waals surface area contributed by atoms with Crippen molar-refractivity contribution in [3.63, 3.8) is 0 Å². The number of carbonyl (C=O) groups is 3. The van der Waals surface area contributed by atoms with Gasteiger partial charge in [-0.1, -0.05) is 0 Å². The van der Waals surface area contributed by atoms with E-state index in [1.807, 2.05) is 0 Å². The molecule has 1 aromatic carbocycles. The second-order valence-corrected chi connectivity index (χ2v) is 5.84. The number of hydrogen-bond donors (Lipinski definition) is 0. The van der Waals surface area contributed by atoms with Crippen molar-refractivity contribution < 1.29 is 36.7 Å². The monoisotopic (exact) mass is 390 g/mol. The fourth-order valence-electron chi connectivity index (χ4n) is 2.72. The Morgan fingerprint density at radius 3 is 2.22 bits per heavy atom. The predicted molar refractivity (Wildman–Crippen MR) is 85.1 cm³/mol. The molecule has 0 bridgehead atoms. The van der Waals surface area contributed by atoms with E-state index in [1.165, 1.54) is 4.90 Å². The Morgan fingerprint density at radius 2 is 1.67 bits per heavy atom. The Labute approximate surface area is 152 Å². The highest BCUT2D eigenvalue weighted by molar-refractivity contribution is 5.97. The lowest BCUT2D eigenvalue weighted by atomic mass is 10.0. The fourth-order valence-corrected chi connectivity index (χ4v) is 2.72. The highest BCUT2D eigenvalue weighted by Gasteiger charge is 2.37. The Kier molecular flexibility index (Phi) is 6.40. The van der Waals surface area contributed by atoms with Gasteiger partial charge in [-0.2, -0.15) is 13.2 Å². The smallest absolute Gasteiger partial charge is 0.417 e. The van der Waals surface area contributed by atoms with Crippen molar-refractivity contribution in [2.24, 2.45) is 0 Å². The van der Waals surface area contributed by atoms with Crippen LogP contribution in [0.15, 0.2) is 18.2 Å². The van der Waals surface area contributed by atoms with Crippen LogP contribution in [0.4, 0.5) is 17.6 Å². The van der Waals surface area contributed by atoms with E-state index in [0.717, 1.165) is 4.90 Å². The first kappa shape index (κ1) is 20.7. The second-order valence-electron chi connectivity index (χ2n) is 5.84. The van der Waals surface area contributed by atoms with Crippen molar-refractivity contribution in [3.05, 3.63) is 35.1 Å². The van der Waals surface area contributed by atoms with Gasteiger partial charge in [-0.3, -0.25) is 14.4 Å². The Morgan fingerprint density at radius 1 is 1.07 bits per heavy atom.